The highest BCUT2D eigenvalue weighted by Gasteiger charge is 1.96. The van der Waals surface area contributed by atoms with Crippen molar-refractivity contribution in [2.45, 2.75) is 18.7 Å². The number of thioether (sulfide) groups is 1. The lowest BCUT2D eigenvalue weighted by Gasteiger charge is -2.01. The molecule has 0 aliphatic carbocycles. The molecule has 0 amide bonds. The van der Waals surface area contributed by atoms with E-state index in [1.165, 1.54) is 5.56 Å². The van der Waals surface area contributed by atoms with Crippen molar-refractivity contribution in [2.75, 3.05) is 5.75 Å². The molecule has 1 rings (SSSR count). The molecule has 0 aliphatic heterocycles. The predicted octanol–water partition coefficient (Wildman–Crippen LogP) is 1.86. The number of rotatable bonds is 4. The van der Waals surface area contributed by atoms with Crippen LogP contribution >= 0.6 is 11.8 Å². The molecule has 0 aromatic carbocycles. The zero-order chi connectivity index (χ0) is 8.10. The standard InChI is InChI=1S/C8H13NOS/c1-7(9)5-11-6-8-2-3-10-4-8/h2-4,7H,5-6,9H2,1H3. The van der Waals surface area contributed by atoms with Crippen molar-refractivity contribution in [3.05, 3.63) is 24.2 Å². The van der Waals surface area contributed by atoms with Gasteiger partial charge in [0.1, 0.15) is 0 Å². The third kappa shape index (κ3) is 3.49. The lowest BCUT2D eigenvalue weighted by Crippen LogP contribution is -2.17. The molecule has 0 spiro atoms. The first-order chi connectivity index (χ1) is 5.29. The molecule has 0 aliphatic rings. The first-order valence-electron chi connectivity index (χ1n) is 3.63. The van der Waals surface area contributed by atoms with Crippen LogP contribution in [0.15, 0.2) is 23.0 Å². The lowest BCUT2D eigenvalue weighted by atomic mass is 10.4. The predicted molar refractivity (Wildman–Crippen MR) is 48.5 cm³/mol. The van der Waals surface area contributed by atoms with Gasteiger partial charge in [-0.15, -0.1) is 0 Å². The quantitative estimate of drug-likeness (QED) is 0.751. The zero-order valence-corrected chi connectivity index (χ0v) is 7.43. The molecule has 3 heteroatoms. The van der Waals surface area contributed by atoms with Gasteiger partial charge in [0.15, 0.2) is 0 Å². The third-order valence-corrected chi connectivity index (χ3v) is 2.53. The van der Waals surface area contributed by atoms with Crippen LogP contribution in [-0.4, -0.2) is 11.8 Å². The van der Waals surface area contributed by atoms with E-state index in [-0.39, 0.29) is 6.04 Å². The van der Waals surface area contributed by atoms with Gasteiger partial charge >= 0.3 is 0 Å². The van der Waals surface area contributed by atoms with Crippen LogP contribution in [0.2, 0.25) is 0 Å². The number of hydrogen-bond acceptors (Lipinski definition) is 3. The molecule has 0 bridgehead atoms. The lowest BCUT2D eigenvalue weighted by molar-refractivity contribution is 0.565. The van der Waals surface area contributed by atoms with E-state index in [0.29, 0.717) is 0 Å². The zero-order valence-electron chi connectivity index (χ0n) is 6.62. The molecule has 1 unspecified atom stereocenters. The van der Waals surface area contributed by atoms with E-state index in [4.69, 9.17) is 10.2 Å². The minimum Gasteiger partial charge on any atom is -0.472 e. The van der Waals surface area contributed by atoms with E-state index in [2.05, 4.69) is 0 Å². The van der Waals surface area contributed by atoms with Gasteiger partial charge in [-0.2, -0.15) is 11.8 Å². The van der Waals surface area contributed by atoms with Crippen LogP contribution in [0, 0.1) is 0 Å². The first kappa shape index (κ1) is 8.68. The van der Waals surface area contributed by atoms with Crippen molar-refractivity contribution in [3.8, 4) is 0 Å². The number of furan rings is 1. The van der Waals surface area contributed by atoms with E-state index in [9.17, 15) is 0 Å². The molecule has 1 aromatic rings. The largest absolute Gasteiger partial charge is 0.472 e. The summed E-state index contributed by atoms with van der Waals surface area (Å²) in [5, 5.41) is 0. The third-order valence-electron chi connectivity index (χ3n) is 1.23. The van der Waals surface area contributed by atoms with Crippen LogP contribution in [0.1, 0.15) is 12.5 Å². The Labute approximate surface area is 71.1 Å². The fraction of sp³-hybridized carbons (Fsp3) is 0.500. The highest BCUT2D eigenvalue weighted by atomic mass is 32.2. The molecule has 0 saturated carbocycles. The average Bonchev–Trinajstić information content (AvgIpc) is 2.39. The summed E-state index contributed by atoms with van der Waals surface area (Å²) in [6.45, 7) is 2.02. The second kappa shape index (κ2) is 4.46. The van der Waals surface area contributed by atoms with Crippen molar-refractivity contribution >= 4 is 11.8 Å². The van der Waals surface area contributed by atoms with Crippen LogP contribution in [0.5, 0.6) is 0 Å². The summed E-state index contributed by atoms with van der Waals surface area (Å²) in [6.07, 6.45) is 3.47. The molecule has 0 fully saturated rings. The Morgan fingerprint density at radius 3 is 3.09 bits per heavy atom. The summed E-state index contributed by atoms with van der Waals surface area (Å²) in [6, 6.07) is 2.26. The van der Waals surface area contributed by atoms with Crippen molar-refractivity contribution in [2.24, 2.45) is 5.73 Å². The van der Waals surface area contributed by atoms with Gasteiger partial charge in [0, 0.05) is 23.1 Å². The minimum absolute atomic E-state index is 0.284. The monoisotopic (exact) mass is 171 g/mol. The van der Waals surface area contributed by atoms with Gasteiger partial charge in [-0.1, -0.05) is 0 Å². The van der Waals surface area contributed by atoms with Gasteiger partial charge in [0.2, 0.25) is 0 Å². The van der Waals surface area contributed by atoms with Gasteiger partial charge < -0.3 is 10.2 Å². The van der Waals surface area contributed by atoms with E-state index < -0.39 is 0 Å². The molecule has 62 valence electrons. The molecule has 2 N–H and O–H groups in total. The minimum atomic E-state index is 0.284. The topological polar surface area (TPSA) is 39.2 Å². The van der Waals surface area contributed by atoms with Gasteiger partial charge in [-0.05, 0) is 13.0 Å². The fourth-order valence-electron chi connectivity index (χ4n) is 0.737. The second-order valence-corrected chi connectivity index (χ2v) is 3.65. The van der Waals surface area contributed by atoms with Gasteiger partial charge in [-0.3, -0.25) is 0 Å². The molecule has 11 heavy (non-hydrogen) atoms. The summed E-state index contributed by atoms with van der Waals surface area (Å²) >= 11 is 1.83. The highest BCUT2D eigenvalue weighted by molar-refractivity contribution is 7.98. The molecular weight excluding hydrogens is 158 g/mol. The van der Waals surface area contributed by atoms with Gasteiger partial charge in [0.05, 0.1) is 12.5 Å². The molecular formula is C8H13NOS. The molecule has 1 aromatic heterocycles. The Hall–Kier alpha value is -0.410. The SMILES string of the molecule is CC(N)CSCc1ccoc1. The molecule has 0 radical (unpaired) electrons. The fourth-order valence-corrected chi connectivity index (χ4v) is 1.63. The summed E-state index contributed by atoms with van der Waals surface area (Å²) in [4.78, 5) is 0. The van der Waals surface area contributed by atoms with Gasteiger partial charge in [0.25, 0.3) is 0 Å². The summed E-state index contributed by atoms with van der Waals surface area (Å²) < 4.78 is 4.93. The molecule has 1 heterocycles. The van der Waals surface area contributed by atoms with E-state index in [0.717, 1.165) is 11.5 Å². The highest BCUT2D eigenvalue weighted by Crippen LogP contribution is 2.12. The Morgan fingerprint density at radius 1 is 1.73 bits per heavy atom. The summed E-state index contributed by atoms with van der Waals surface area (Å²) in [5.74, 6) is 2.00. The van der Waals surface area contributed by atoms with Crippen LogP contribution in [0.3, 0.4) is 0 Å². The van der Waals surface area contributed by atoms with Crippen molar-refractivity contribution in [1.82, 2.24) is 0 Å². The smallest absolute Gasteiger partial charge is 0.0942 e. The Balaban J connectivity index is 2.14. The Morgan fingerprint density at radius 2 is 2.55 bits per heavy atom. The number of hydrogen-bond donors (Lipinski definition) is 1. The Bertz CT molecular complexity index is 184. The summed E-state index contributed by atoms with van der Waals surface area (Å²) in [7, 11) is 0. The molecule has 0 saturated heterocycles. The molecule has 2 nitrogen and oxygen atoms in total. The first-order valence-corrected chi connectivity index (χ1v) is 4.79. The van der Waals surface area contributed by atoms with Crippen molar-refractivity contribution in [3.63, 3.8) is 0 Å². The average molecular weight is 171 g/mol. The van der Waals surface area contributed by atoms with E-state index >= 15 is 0 Å². The normalized spacial score (nSPS) is 13.3. The maximum Gasteiger partial charge on any atom is 0.0942 e. The van der Waals surface area contributed by atoms with E-state index in [1.807, 2.05) is 24.8 Å². The van der Waals surface area contributed by atoms with Crippen molar-refractivity contribution in [1.29, 1.82) is 0 Å². The van der Waals surface area contributed by atoms with Crippen LogP contribution in [0.4, 0.5) is 0 Å². The van der Waals surface area contributed by atoms with Crippen LogP contribution < -0.4 is 5.73 Å². The van der Waals surface area contributed by atoms with Crippen molar-refractivity contribution < 1.29 is 4.42 Å². The Kier molecular flexibility index (Phi) is 3.52. The maximum absolute atomic E-state index is 5.59. The van der Waals surface area contributed by atoms with Gasteiger partial charge in [-0.25, -0.2) is 0 Å². The van der Waals surface area contributed by atoms with E-state index in [1.54, 1.807) is 12.5 Å². The number of nitrogens with two attached hydrogens (primary N) is 1. The summed E-state index contributed by atoms with van der Waals surface area (Å²) in [5.41, 5.74) is 6.82. The second-order valence-electron chi connectivity index (χ2n) is 2.62. The van der Waals surface area contributed by atoms with Crippen LogP contribution in [-0.2, 0) is 5.75 Å². The maximum atomic E-state index is 5.59. The van der Waals surface area contributed by atoms with Crippen LogP contribution in [0.25, 0.3) is 0 Å². The molecule has 1 atom stereocenters.